The number of nitrogens with one attached hydrogen (secondary N) is 1. The van der Waals surface area contributed by atoms with Crippen LogP contribution in [0, 0.1) is 0 Å². The number of nitrogens with zero attached hydrogens (tertiary/aromatic N) is 2. The van der Waals surface area contributed by atoms with E-state index in [0.29, 0.717) is 6.54 Å². The van der Waals surface area contributed by atoms with Crippen LogP contribution < -0.4 is 15.8 Å². The van der Waals surface area contributed by atoms with Gasteiger partial charge in [0.2, 0.25) is 5.95 Å². The Morgan fingerprint density at radius 3 is 2.94 bits per heavy atom. The van der Waals surface area contributed by atoms with Gasteiger partial charge in [-0.3, -0.25) is 0 Å². The number of aryl methyl sites for hydroxylation is 1. The van der Waals surface area contributed by atoms with Gasteiger partial charge in [-0.2, -0.15) is 0 Å². The number of anilines is 2. The standard InChI is InChI=1S/C12H16N4O/c1-16-6-5-14-12(16)15-8-9-7-10(13)3-4-11(9)17-2/h3-7H,8,13H2,1-2H3,(H,14,15). The highest BCUT2D eigenvalue weighted by Gasteiger charge is 2.04. The monoisotopic (exact) mass is 232 g/mol. The van der Waals surface area contributed by atoms with Crippen LogP contribution in [0.15, 0.2) is 30.6 Å². The predicted octanol–water partition coefficient (Wildman–Crippen LogP) is 1.62. The van der Waals surface area contributed by atoms with Crippen molar-refractivity contribution in [2.45, 2.75) is 6.54 Å². The molecule has 0 unspecified atom stereocenters. The lowest BCUT2D eigenvalue weighted by atomic mass is 10.2. The second kappa shape index (κ2) is 4.78. The van der Waals surface area contributed by atoms with Gasteiger partial charge in [-0.1, -0.05) is 0 Å². The minimum absolute atomic E-state index is 0.624. The normalized spacial score (nSPS) is 10.2. The Labute approximate surface area is 100 Å². The lowest BCUT2D eigenvalue weighted by Gasteiger charge is -2.11. The molecule has 0 bridgehead atoms. The number of hydrogen-bond acceptors (Lipinski definition) is 4. The Kier molecular flexibility index (Phi) is 3.18. The Morgan fingerprint density at radius 2 is 2.29 bits per heavy atom. The molecule has 1 aromatic carbocycles. The van der Waals surface area contributed by atoms with Crippen molar-refractivity contribution in [3.05, 3.63) is 36.2 Å². The van der Waals surface area contributed by atoms with Crippen molar-refractivity contribution in [1.29, 1.82) is 0 Å². The maximum absolute atomic E-state index is 5.76. The minimum atomic E-state index is 0.624. The number of aromatic nitrogens is 2. The Bertz CT molecular complexity index is 507. The second-order valence-corrected chi connectivity index (χ2v) is 3.79. The molecule has 0 aliphatic rings. The number of ether oxygens (including phenoxy) is 1. The average molecular weight is 232 g/mol. The summed E-state index contributed by atoms with van der Waals surface area (Å²) in [4.78, 5) is 4.19. The van der Waals surface area contributed by atoms with E-state index in [1.807, 2.05) is 36.0 Å². The van der Waals surface area contributed by atoms with Crippen LogP contribution in [0.4, 0.5) is 11.6 Å². The molecule has 0 saturated carbocycles. The van der Waals surface area contributed by atoms with Crippen LogP contribution in [0.3, 0.4) is 0 Å². The van der Waals surface area contributed by atoms with Gasteiger partial charge in [-0.05, 0) is 18.2 Å². The van der Waals surface area contributed by atoms with Crippen LogP contribution >= 0.6 is 0 Å². The van der Waals surface area contributed by atoms with E-state index in [4.69, 9.17) is 10.5 Å². The molecule has 2 aromatic rings. The Balaban J connectivity index is 2.13. The first-order valence-corrected chi connectivity index (χ1v) is 5.34. The quantitative estimate of drug-likeness (QED) is 0.786. The number of nitrogens with two attached hydrogens (primary N) is 1. The van der Waals surface area contributed by atoms with Gasteiger partial charge in [0.05, 0.1) is 7.11 Å². The maximum Gasteiger partial charge on any atom is 0.202 e. The van der Waals surface area contributed by atoms with Gasteiger partial charge in [0.15, 0.2) is 0 Å². The van der Waals surface area contributed by atoms with E-state index in [0.717, 1.165) is 22.9 Å². The molecule has 0 radical (unpaired) electrons. The highest BCUT2D eigenvalue weighted by molar-refractivity contribution is 5.49. The van der Waals surface area contributed by atoms with Crippen molar-refractivity contribution in [2.24, 2.45) is 7.05 Å². The lowest BCUT2D eigenvalue weighted by molar-refractivity contribution is 0.410. The van der Waals surface area contributed by atoms with Crippen molar-refractivity contribution in [2.75, 3.05) is 18.2 Å². The molecule has 0 spiro atoms. The Morgan fingerprint density at radius 1 is 1.47 bits per heavy atom. The summed E-state index contributed by atoms with van der Waals surface area (Å²) in [7, 11) is 3.59. The molecule has 2 rings (SSSR count). The molecule has 0 atom stereocenters. The number of hydrogen-bond donors (Lipinski definition) is 2. The lowest BCUT2D eigenvalue weighted by Crippen LogP contribution is -2.06. The van der Waals surface area contributed by atoms with E-state index in [-0.39, 0.29) is 0 Å². The Hall–Kier alpha value is -2.17. The molecule has 0 amide bonds. The van der Waals surface area contributed by atoms with Crippen LogP contribution in [-0.4, -0.2) is 16.7 Å². The van der Waals surface area contributed by atoms with E-state index in [1.54, 1.807) is 13.3 Å². The van der Waals surface area contributed by atoms with E-state index in [1.165, 1.54) is 0 Å². The van der Waals surface area contributed by atoms with Crippen molar-refractivity contribution in [3.63, 3.8) is 0 Å². The fourth-order valence-electron chi connectivity index (χ4n) is 1.65. The molecule has 1 heterocycles. The number of nitrogen functional groups attached to an aromatic ring is 1. The van der Waals surface area contributed by atoms with Crippen molar-refractivity contribution >= 4 is 11.6 Å². The highest BCUT2D eigenvalue weighted by Crippen LogP contribution is 2.21. The topological polar surface area (TPSA) is 65.1 Å². The first-order chi connectivity index (χ1) is 8.20. The van der Waals surface area contributed by atoms with Gasteiger partial charge in [-0.25, -0.2) is 4.98 Å². The van der Waals surface area contributed by atoms with Crippen LogP contribution in [0.1, 0.15) is 5.56 Å². The van der Waals surface area contributed by atoms with E-state index < -0.39 is 0 Å². The largest absolute Gasteiger partial charge is 0.496 e. The molecule has 0 aliphatic carbocycles. The fourth-order valence-corrected chi connectivity index (χ4v) is 1.65. The van der Waals surface area contributed by atoms with Crippen LogP contribution in [0.25, 0.3) is 0 Å². The number of methoxy groups -OCH3 is 1. The van der Waals surface area contributed by atoms with E-state index >= 15 is 0 Å². The molecule has 17 heavy (non-hydrogen) atoms. The third-order valence-corrected chi connectivity index (χ3v) is 2.56. The molecule has 0 saturated heterocycles. The molecule has 3 N–H and O–H groups in total. The molecular weight excluding hydrogens is 216 g/mol. The SMILES string of the molecule is COc1ccc(N)cc1CNc1nccn1C. The molecular formula is C12H16N4O. The molecule has 90 valence electrons. The zero-order chi connectivity index (χ0) is 12.3. The number of imidazole rings is 1. The number of benzene rings is 1. The first kappa shape index (κ1) is 11.3. The van der Waals surface area contributed by atoms with E-state index in [2.05, 4.69) is 10.3 Å². The van der Waals surface area contributed by atoms with Crippen molar-refractivity contribution < 1.29 is 4.74 Å². The minimum Gasteiger partial charge on any atom is -0.496 e. The van der Waals surface area contributed by atoms with Gasteiger partial charge in [0, 0.05) is 37.2 Å². The summed E-state index contributed by atoms with van der Waals surface area (Å²) in [6.45, 7) is 0.624. The zero-order valence-electron chi connectivity index (χ0n) is 9.97. The second-order valence-electron chi connectivity index (χ2n) is 3.79. The van der Waals surface area contributed by atoms with Gasteiger partial charge >= 0.3 is 0 Å². The number of rotatable bonds is 4. The third kappa shape index (κ3) is 2.50. The smallest absolute Gasteiger partial charge is 0.202 e. The molecule has 5 heteroatoms. The van der Waals surface area contributed by atoms with Crippen LogP contribution in [0.5, 0.6) is 5.75 Å². The summed E-state index contributed by atoms with van der Waals surface area (Å²) in [5, 5.41) is 3.23. The molecule has 0 fully saturated rings. The van der Waals surface area contributed by atoms with Crippen molar-refractivity contribution in [3.8, 4) is 5.75 Å². The van der Waals surface area contributed by atoms with Gasteiger partial charge in [0.25, 0.3) is 0 Å². The van der Waals surface area contributed by atoms with Crippen molar-refractivity contribution in [1.82, 2.24) is 9.55 Å². The van der Waals surface area contributed by atoms with Crippen LogP contribution in [-0.2, 0) is 13.6 Å². The first-order valence-electron chi connectivity index (χ1n) is 5.34. The predicted molar refractivity (Wildman–Crippen MR) is 67.9 cm³/mol. The molecule has 5 nitrogen and oxygen atoms in total. The summed E-state index contributed by atoms with van der Waals surface area (Å²) in [6.07, 6.45) is 3.64. The zero-order valence-corrected chi connectivity index (χ0v) is 9.97. The third-order valence-electron chi connectivity index (χ3n) is 2.56. The average Bonchev–Trinajstić information content (AvgIpc) is 2.72. The van der Waals surface area contributed by atoms with Gasteiger partial charge in [0.1, 0.15) is 5.75 Å². The fraction of sp³-hybridized carbons (Fsp3) is 0.250. The summed E-state index contributed by atoms with van der Waals surface area (Å²) in [5.74, 6) is 1.63. The molecule has 1 aromatic heterocycles. The summed E-state index contributed by atoms with van der Waals surface area (Å²) < 4.78 is 7.19. The van der Waals surface area contributed by atoms with Crippen LogP contribution in [0.2, 0.25) is 0 Å². The van der Waals surface area contributed by atoms with E-state index in [9.17, 15) is 0 Å². The summed E-state index contributed by atoms with van der Waals surface area (Å²) in [6, 6.07) is 5.59. The molecule has 0 aliphatic heterocycles. The van der Waals surface area contributed by atoms with Gasteiger partial charge in [-0.15, -0.1) is 0 Å². The van der Waals surface area contributed by atoms with Gasteiger partial charge < -0.3 is 20.4 Å². The highest BCUT2D eigenvalue weighted by atomic mass is 16.5. The summed E-state index contributed by atoms with van der Waals surface area (Å²) >= 11 is 0. The summed E-state index contributed by atoms with van der Waals surface area (Å²) in [5.41, 5.74) is 7.49. The maximum atomic E-state index is 5.76.